The van der Waals surface area contributed by atoms with Crippen LogP contribution in [0, 0.1) is 12.8 Å². The first-order chi connectivity index (χ1) is 16.0. The number of thiophene rings is 1. The van der Waals surface area contributed by atoms with Gasteiger partial charge in [0.2, 0.25) is 0 Å². The minimum atomic E-state index is -0.917. The summed E-state index contributed by atoms with van der Waals surface area (Å²) in [6.45, 7) is 12.1. The average Bonchev–Trinajstić information content (AvgIpc) is 3.51. The van der Waals surface area contributed by atoms with Gasteiger partial charge in [0.1, 0.15) is 5.60 Å². The summed E-state index contributed by atoms with van der Waals surface area (Å²) in [4.78, 5) is 42.1. The maximum Gasteiger partial charge on any atom is 0.410 e. The Balaban J connectivity index is 1.60. The van der Waals surface area contributed by atoms with E-state index in [1.807, 2.05) is 33.8 Å². The highest BCUT2D eigenvalue weighted by atomic mass is 32.2. The molecule has 8 heteroatoms. The lowest BCUT2D eigenvalue weighted by Crippen LogP contribution is -2.43. The molecular formula is C26H31NO5S2. The zero-order valence-electron chi connectivity index (χ0n) is 20.1. The van der Waals surface area contributed by atoms with E-state index >= 15 is 0 Å². The molecule has 0 saturated carbocycles. The summed E-state index contributed by atoms with van der Waals surface area (Å²) in [7, 11) is 0. The number of carboxylic acids is 1. The van der Waals surface area contributed by atoms with Crippen LogP contribution in [0.15, 0.2) is 34.1 Å². The number of rotatable bonds is 5. The number of aliphatic carboxylic acids is 1. The Hall–Kier alpha value is -2.32. The first-order valence-electron chi connectivity index (χ1n) is 11.6. The number of carboxylic acid groups (broad SMARTS) is 1. The van der Waals surface area contributed by atoms with Gasteiger partial charge in [-0.05, 0) is 81.9 Å². The lowest BCUT2D eigenvalue weighted by molar-refractivity contribution is -0.131. The van der Waals surface area contributed by atoms with E-state index in [0.29, 0.717) is 22.7 Å². The molecule has 1 saturated heterocycles. The van der Waals surface area contributed by atoms with Crippen molar-refractivity contribution in [3.05, 3.63) is 49.4 Å². The predicted molar refractivity (Wildman–Crippen MR) is 136 cm³/mol. The van der Waals surface area contributed by atoms with E-state index in [0.717, 1.165) is 41.0 Å². The van der Waals surface area contributed by atoms with Crippen LogP contribution in [-0.2, 0) is 9.53 Å². The van der Waals surface area contributed by atoms with Crippen LogP contribution in [-0.4, -0.2) is 46.0 Å². The number of allylic oxidation sites excluding steroid dienone is 4. The molecule has 182 valence electrons. The Morgan fingerprint density at radius 1 is 1.21 bits per heavy atom. The van der Waals surface area contributed by atoms with Crippen LogP contribution in [0.5, 0.6) is 0 Å². The molecule has 6 nitrogen and oxygen atoms in total. The van der Waals surface area contributed by atoms with E-state index in [2.05, 4.69) is 6.58 Å². The van der Waals surface area contributed by atoms with Crippen molar-refractivity contribution in [2.24, 2.45) is 5.92 Å². The first kappa shape index (κ1) is 24.8. The van der Waals surface area contributed by atoms with Crippen LogP contribution < -0.4 is 0 Å². The number of ketones is 1. The average molecular weight is 502 g/mol. The van der Waals surface area contributed by atoms with Gasteiger partial charge in [0.05, 0.1) is 15.8 Å². The molecule has 1 N–H and O–H groups in total. The summed E-state index contributed by atoms with van der Waals surface area (Å²) in [5.41, 5.74) is 2.88. The van der Waals surface area contributed by atoms with Gasteiger partial charge in [-0.2, -0.15) is 0 Å². The zero-order valence-corrected chi connectivity index (χ0v) is 21.7. The number of hydrogen-bond acceptors (Lipinski definition) is 6. The minimum Gasteiger partial charge on any atom is -0.477 e. The lowest BCUT2D eigenvalue weighted by Gasteiger charge is -2.27. The lowest BCUT2D eigenvalue weighted by atomic mass is 9.92. The van der Waals surface area contributed by atoms with Crippen LogP contribution in [0.3, 0.4) is 0 Å². The fourth-order valence-electron chi connectivity index (χ4n) is 4.96. The van der Waals surface area contributed by atoms with E-state index in [1.54, 1.807) is 11.0 Å². The Morgan fingerprint density at radius 3 is 2.59 bits per heavy atom. The number of carbonyl (C=O) groups excluding carboxylic acids is 2. The molecular weight excluding hydrogens is 470 g/mol. The normalized spacial score (nSPS) is 23.0. The third-order valence-corrected chi connectivity index (χ3v) is 8.53. The number of aryl methyl sites for hydroxylation is 1. The van der Waals surface area contributed by atoms with Crippen molar-refractivity contribution in [3.63, 3.8) is 0 Å². The van der Waals surface area contributed by atoms with Crippen molar-refractivity contribution in [2.75, 3.05) is 6.54 Å². The Bertz CT molecular complexity index is 1120. The van der Waals surface area contributed by atoms with Gasteiger partial charge in [-0.15, -0.1) is 11.3 Å². The van der Waals surface area contributed by atoms with Crippen LogP contribution in [0.2, 0.25) is 0 Å². The van der Waals surface area contributed by atoms with Gasteiger partial charge in [0.15, 0.2) is 5.78 Å². The molecule has 2 unspecified atom stereocenters. The van der Waals surface area contributed by atoms with E-state index < -0.39 is 23.7 Å². The van der Waals surface area contributed by atoms with E-state index in [-0.39, 0.29) is 11.7 Å². The van der Waals surface area contributed by atoms with Gasteiger partial charge in [0, 0.05) is 17.3 Å². The summed E-state index contributed by atoms with van der Waals surface area (Å²) in [5, 5.41) is 9.39. The number of carbonyl (C=O) groups is 3. The van der Waals surface area contributed by atoms with Crippen molar-refractivity contribution >= 4 is 46.5 Å². The zero-order chi connectivity index (χ0) is 24.8. The molecule has 3 aliphatic rings. The molecule has 0 radical (unpaired) electrons. The molecule has 0 bridgehead atoms. The minimum absolute atomic E-state index is 0.0308. The van der Waals surface area contributed by atoms with Crippen molar-refractivity contribution in [3.8, 4) is 0 Å². The first-order valence-corrected chi connectivity index (χ1v) is 13.3. The number of likely N-dealkylation sites (tertiary alicyclic amines) is 1. The second kappa shape index (κ2) is 9.38. The quantitative estimate of drug-likeness (QED) is 0.469. The molecule has 3 heterocycles. The van der Waals surface area contributed by atoms with E-state index in [9.17, 15) is 19.5 Å². The number of thioether (sulfide) groups is 1. The predicted octanol–water partition coefficient (Wildman–Crippen LogP) is 6.42. The van der Waals surface area contributed by atoms with E-state index in [4.69, 9.17) is 4.74 Å². The summed E-state index contributed by atoms with van der Waals surface area (Å²) in [6.07, 6.45) is 5.59. The highest BCUT2D eigenvalue weighted by molar-refractivity contribution is 8.07. The van der Waals surface area contributed by atoms with Crippen LogP contribution >= 0.6 is 23.1 Å². The molecule has 1 aliphatic carbocycles. The SMILES string of the molecule is C=C1SC(C(=O)O)=CC1C1=C(c2cc(C(=O)C3CCCN3C(=O)OC(C)(C)C)sc2C)CCC1. The summed E-state index contributed by atoms with van der Waals surface area (Å²) in [5.74, 6) is -1.03. The number of nitrogens with zero attached hydrogens (tertiary/aromatic N) is 1. The molecule has 4 rings (SSSR count). The number of hydrogen-bond donors (Lipinski definition) is 1. The number of ether oxygens (including phenoxy) is 1. The molecule has 34 heavy (non-hydrogen) atoms. The summed E-state index contributed by atoms with van der Waals surface area (Å²) in [6, 6.07) is 1.48. The van der Waals surface area contributed by atoms with Gasteiger partial charge < -0.3 is 9.84 Å². The molecule has 2 aliphatic heterocycles. The van der Waals surface area contributed by atoms with Gasteiger partial charge in [-0.25, -0.2) is 9.59 Å². The van der Waals surface area contributed by atoms with Gasteiger partial charge >= 0.3 is 12.1 Å². The fraction of sp³-hybridized carbons (Fsp3) is 0.500. The third kappa shape index (κ3) is 4.89. The maximum absolute atomic E-state index is 13.5. The number of Topliss-reactive ketones (excluding diaryl/α,β-unsaturated/α-hetero) is 1. The monoisotopic (exact) mass is 501 g/mol. The van der Waals surface area contributed by atoms with Crippen LogP contribution in [0.4, 0.5) is 4.79 Å². The Morgan fingerprint density at radius 2 is 1.94 bits per heavy atom. The molecule has 0 aromatic carbocycles. The van der Waals surface area contributed by atoms with E-state index in [1.165, 1.54) is 34.2 Å². The molecule has 2 atom stereocenters. The van der Waals surface area contributed by atoms with Gasteiger partial charge in [0.25, 0.3) is 0 Å². The second-order valence-electron chi connectivity index (χ2n) is 10.0. The van der Waals surface area contributed by atoms with Gasteiger partial charge in [-0.1, -0.05) is 30.0 Å². The molecule has 1 fully saturated rings. The molecule has 1 amide bonds. The number of amides is 1. The Labute approximate surface area is 208 Å². The third-order valence-electron chi connectivity index (χ3n) is 6.42. The second-order valence-corrected chi connectivity index (χ2v) is 12.4. The largest absolute Gasteiger partial charge is 0.477 e. The molecule has 1 aromatic rings. The highest BCUT2D eigenvalue weighted by Gasteiger charge is 2.38. The summed E-state index contributed by atoms with van der Waals surface area (Å²) >= 11 is 2.71. The van der Waals surface area contributed by atoms with Crippen LogP contribution in [0.25, 0.3) is 5.57 Å². The summed E-state index contributed by atoms with van der Waals surface area (Å²) < 4.78 is 5.53. The van der Waals surface area contributed by atoms with Gasteiger partial charge in [-0.3, -0.25) is 9.69 Å². The standard InChI is InChI=1S/C26H31NO5S2/c1-14-18(16-8-6-9-17(16)19-13-22(24(29)30)34-15(19)2)12-21(33-14)23(28)20-10-7-11-27(20)25(31)32-26(3,4)5/h12-13,19-20H,2,6-11H2,1,3-5H3,(H,29,30). The smallest absolute Gasteiger partial charge is 0.410 e. The van der Waals surface area contributed by atoms with Crippen LogP contribution in [0.1, 0.15) is 73.0 Å². The topological polar surface area (TPSA) is 83.9 Å². The fourth-order valence-corrected chi connectivity index (χ4v) is 6.90. The molecule has 1 aromatic heterocycles. The maximum atomic E-state index is 13.5. The Kier molecular flexibility index (Phi) is 6.84. The van der Waals surface area contributed by atoms with Crippen molar-refractivity contribution < 1.29 is 24.2 Å². The van der Waals surface area contributed by atoms with Crippen molar-refractivity contribution in [1.82, 2.24) is 4.90 Å². The molecule has 0 spiro atoms. The van der Waals surface area contributed by atoms with Crippen molar-refractivity contribution in [1.29, 1.82) is 0 Å². The highest BCUT2D eigenvalue weighted by Crippen LogP contribution is 2.49. The van der Waals surface area contributed by atoms with Crippen molar-refractivity contribution in [2.45, 2.75) is 71.4 Å².